The van der Waals surface area contributed by atoms with Crippen molar-refractivity contribution < 1.29 is 89.6 Å². The van der Waals surface area contributed by atoms with Crippen LogP contribution in [0.25, 0.3) is 0 Å². The molecule has 0 aromatic rings. The van der Waals surface area contributed by atoms with Gasteiger partial charge in [-0.2, -0.15) is 0 Å². The third-order valence-electron chi connectivity index (χ3n) is 7.73. The normalized spacial score (nSPS) is 30.3. The van der Waals surface area contributed by atoms with E-state index < -0.39 is 137 Å². The SMILES string of the molecule is O=C(O)CN(CCN(CC(=O)O)CC(=O)NC1C(O)O[C@@H](CO)[C@@H](O)[C@@H]1O)CCN(CC(=O)O)CC(=O)NC1C(O)O[C@H](CO)[C@H](O)[C@H]1O. The zero-order valence-corrected chi connectivity index (χ0v) is 26.2. The molecule has 4 unspecified atom stereocenters. The molecule has 0 saturated carbocycles. The van der Waals surface area contributed by atoms with E-state index >= 15 is 0 Å². The lowest BCUT2D eigenvalue weighted by Gasteiger charge is -2.40. The average molecular weight is 716 g/mol. The number of aliphatic carboxylic acids is 3. The van der Waals surface area contributed by atoms with Crippen LogP contribution in [0, 0.1) is 0 Å². The highest BCUT2D eigenvalue weighted by molar-refractivity contribution is 5.80. The second kappa shape index (κ2) is 19.9. The molecule has 2 amide bonds. The van der Waals surface area contributed by atoms with Crippen LogP contribution in [0.2, 0.25) is 0 Å². The summed E-state index contributed by atoms with van der Waals surface area (Å²) in [6.07, 6.45) is -13.2. The molecular formula is C26H45N5O18. The summed E-state index contributed by atoms with van der Waals surface area (Å²) in [5.41, 5.74) is 0. The number of hydrogen-bond donors (Lipinski definition) is 13. The number of carboxylic acid groups (broad SMARTS) is 3. The van der Waals surface area contributed by atoms with Crippen LogP contribution in [0.4, 0.5) is 0 Å². The number of hydrogen-bond acceptors (Lipinski definition) is 18. The van der Waals surface area contributed by atoms with E-state index in [1.54, 1.807) is 0 Å². The fourth-order valence-corrected chi connectivity index (χ4v) is 5.21. The van der Waals surface area contributed by atoms with Crippen molar-refractivity contribution in [2.45, 2.75) is 61.3 Å². The van der Waals surface area contributed by atoms with Crippen LogP contribution in [0.15, 0.2) is 0 Å². The van der Waals surface area contributed by atoms with Gasteiger partial charge in [0, 0.05) is 26.2 Å². The molecular weight excluding hydrogens is 670 g/mol. The Hall–Kier alpha value is -3.17. The standard InChI is InChI=1S/C26H45N5O18/c32-10-12-21(42)23(44)19(25(46)48-12)27-14(34)5-30(8-17(38)39)3-1-29(7-16(36)37)2-4-31(9-18(40)41)6-15(35)28-20-24(45)22(43)13(11-33)49-26(20)47/h12-13,19-26,32-33,42-47H,1-11H2,(H,27,34)(H,28,35)(H,36,37)(H,38,39)(H,40,41)/t12-,13+,19?,20?,21+,22-,23+,24-,25?,26?. The number of aliphatic hydroxyl groups is 8. The van der Waals surface area contributed by atoms with Crippen molar-refractivity contribution in [3.63, 3.8) is 0 Å². The van der Waals surface area contributed by atoms with Crippen LogP contribution in [0.5, 0.6) is 0 Å². The van der Waals surface area contributed by atoms with E-state index in [1.165, 1.54) is 4.90 Å². The summed E-state index contributed by atoms with van der Waals surface area (Å²) in [7, 11) is 0. The molecule has 23 heteroatoms. The number of carboxylic acids is 3. The van der Waals surface area contributed by atoms with Gasteiger partial charge < -0.3 is 76.3 Å². The van der Waals surface area contributed by atoms with Gasteiger partial charge in [-0.1, -0.05) is 0 Å². The number of aliphatic hydroxyl groups excluding tert-OH is 8. The van der Waals surface area contributed by atoms with Crippen LogP contribution in [-0.2, 0) is 33.4 Å². The molecule has 49 heavy (non-hydrogen) atoms. The molecule has 0 aliphatic carbocycles. The van der Waals surface area contributed by atoms with Crippen molar-refractivity contribution in [2.75, 3.05) is 72.1 Å². The van der Waals surface area contributed by atoms with Crippen molar-refractivity contribution in [3.05, 3.63) is 0 Å². The van der Waals surface area contributed by atoms with Gasteiger partial charge in [0.15, 0.2) is 12.6 Å². The molecule has 2 aliphatic heterocycles. The minimum atomic E-state index is -1.83. The van der Waals surface area contributed by atoms with Gasteiger partial charge in [-0.15, -0.1) is 0 Å². The molecule has 10 atom stereocenters. The van der Waals surface area contributed by atoms with Crippen LogP contribution >= 0.6 is 0 Å². The molecule has 2 fully saturated rings. The molecule has 0 bridgehead atoms. The fraction of sp³-hybridized carbons (Fsp3) is 0.808. The summed E-state index contributed by atoms with van der Waals surface area (Å²) in [5, 5.41) is 112. The first kappa shape index (κ1) is 42.0. The maximum atomic E-state index is 12.7. The summed E-state index contributed by atoms with van der Waals surface area (Å²) in [6.45, 7) is -5.62. The second-order valence-electron chi connectivity index (χ2n) is 11.5. The van der Waals surface area contributed by atoms with Crippen molar-refractivity contribution in [3.8, 4) is 0 Å². The van der Waals surface area contributed by atoms with Gasteiger partial charge in [0.25, 0.3) is 0 Å². The quantitative estimate of drug-likeness (QED) is 0.0556. The van der Waals surface area contributed by atoms with E-state index in [4.69, 9.17) is 9.47 Å². The molecule has 2 rings (SSSR count). The predicted octanol–water partition coefficient (Wildman–Crippen LogP) is -9.02. The van der Waals surface area contributed by atoms with E-state index in [0.29, 0.717) is 0 Å². The maximum Gasteiger partial charge on any atom is 0.317 e. The van der Waals surface area contributed by atoms with Crippen LogP contribution in [0.3, 0.4) is 0 Å². The average Bonchev–Trinajstić information content (AvgIpc) is 3.01. The van der Waals surface area contributed by atoms with E-state index in [9.17, 15) is 80.1 Å². The number of carbonyl (C=O) groups is 5. The third-order valence-corrected chi connectivity index (χ3v) is 7.73. The zero-order chi connectivity index (χ0) is 37.0. The van der Waals surface area contributed by atoms with Gasteiger partial charge in [-0.25, -0.2) is 0 Å². The van der Waals surface area contributed by atoms with Gasteiger partial charge in [0.2, 0.25) is 11.8 Å². The lowest BCUT2D eigenvalue weighted by Crippen LogP contribution is -2.64. The molecule has 2 heterocycles. The number of nitrogens with one attached hydrogen (secondary N) is 2. The topological polar surface area (TPSA) is 360 Å². The Balaban J connectivity index is 2.03. The molecule has 13 N–H and O–H groups in total. The number of nitrogens with zero attached hydrogens (tertiary/aromatic N) is 3. The van der Waals surface area contributed by atoms with E-state index in [0.717, 1.165) is 9.80 Å². The lowest BCUT2D eigenvalue weighted by atomic mass is 9.97. The van der Waals surface area contributed by atoms with Gasteiger partial charge in [-0.3, -0.25) is 38.7 Å². The Morgan fingerprint density at radius 2 is 0.796 bits per heavy atom. The second-order valence-corrected chi connectivity index (χ2v) is 11.5. The Bertz CT molecular complexity index is 1040. The Kier molecular flexibility index (Phi) is 17.0. The Morgan fingerprint density at radius 3 is 1.10 bits per heavy atom. The summed E-state index contributed by atoms with van der Waals surface area (Å²) in [4.78, 5) is 63.3. The highest BCUT2D eigenvalue weighted by atomic mass is 16.6. The lowest BCUT2D eigenvalue weighted by molar-refractivity contribution is -0.254. The van der Waals surface area contributed by atoms with Gasteiger partial charge >= 0.3 is 17.9 Å². The number of ether oxygens (including phenoxy) is 2. The minimum absolute atomic E-state index is 0.184. The van der Waals surface area contributed by atoms with Gasteiger partial charge in [0.05, 0.1) is 45.9 Å². The van der Waals surface area contributed by atoms with E-state index in [1.807, 2.05) is 0 Å². The number of rotatable bonds is 20. The first-order valence-corrected chi connectivity index (χ1v) is 15.0. The summed E-state index contributed by atoms with van der Waals surface area (Å²) < 4.78 is 9.94. The first-order valence-electron chi connectivity index (χ1n) is 15.0. The maximum absolute atomic E-state index is 12.7. The molecule has 0 aromatic carbocycles. The molecule has 282 valence electrons. The van der Waals surface area contributed by atoms with Gasteiger partial charge in [-0.05, 0) is 0 Å². The third kappa shape index (κ3) is 13.2. The zero-order valence-electron chi connectivity index (χ0n) is 26.2. The smallest absolute Gasteiger partial charge is 0.317 e. The largest absolute Gasteiger partial charge is 0.480 e. The van der Waals surface area contributed by atoms with Crippen molar-refractivity contribution >= 4 is 29.7 Å². The van der Waals surface area contributed by atoms with Crippen molar-refractivity contribution in [2.24, 2.45) is 0 Å². The van der Waals surface area contributed by atoms with Crippen molar-refractivity contribution in [1.82, 2.24) is 25.3 Å². The van der Waals surface area contributed by atoms with E-state index in [2.05, 4.69) is 10.6 Å². The van der Waals surface area contributed by atoms with E-state index in [-0.39, 0.29) is 26.2 Å². The number of amides is 2. The van der Waals surface area contributed by atoms with Crippen LogP contribution in [-0.4, -0.2) is 234 Å². The minimum Gasteiger partial charge on any atom is -0.480 e. The Labute approximate surface area is 278 Å². The molecule has 2 saturated heterocycles. The monoisotopic (exact) mass is 715 g/mol. The van der Waals surface area contributed by atoms with Crippen LogP contribution < -0.4 is 10.6 Å². The van der Waals surface area contributed by atoms with Crippen molar-refractivity contribution in [1.29, 1.82) is 0 Å². The van der Waals surface area contributed by atoms with Crippen LogP contribution in [0.1, 0.15) is 0 Å². The summed E-state index contributed by atoms with van der Waals surface area (Å²) >= 11 is 0. The highest BCUT2D eigenvalue weighted by Gasteiger charge is 2.45. The first-order chi connectivity index (χ1) is 23.0. The highest BCUT2D eigenvalue weighted by Crippen LogP contribution is 2.21. The number of carbonyl (C=O) groups excluding carboxylic acids is 2. The molecule has 0 radical (unpaired) electrons. The van der Waals surface area contributed by atoms with Gasteiger partial charge in [0.1, 0.15) is 48.7 Å². The fourth-order valence-electron chi connectivity index (χ4n) is 5.21. The predicted molar refractivity (Wildman–Crippen MR) is 156 cm³/mol. The summed E-state index contributed by atoms with van der Waals surface area (Å²) in [5.74, 6) is -5.87. The molecule has 2 aliphatic rings. The summed E-state index contributed by atoms with van der Waals surface area (Å²) in [6, 6.07) is -3.09. The molecule has 0 aromatic heterocycles. The molecule has 23 nitrogen and oxygen atoms in total. The molecule has 0 spiro atoms. The Morgan fingerprint density at radius 1 is 0.490 bits per heavy atom.